The Kier molecular flexibility index (Phi) is 2.74. The van der Waals surface area contributed by atoms with Crippen LogP contribution in [0.15, 0.2) is 6.20 Å². The zero-order chi connectivity index (χ0) is 12.7. The van der Waals surface area contributed by atoms with Gasteiger partial charge in [-0.2, -0.15) is 9.47 Å². The summed E-state index contributed by atoms with van der Waals surface area (Å²) in [6.07, 6.45) is 4.38. The lowest BCUT2D eigenvalue weighted by molar-refractivity contribution is 0.738. The normalized spacial score (nSPS) is 15.0. The molecule has 18 heavy (non-hydrogen) atoms. The highest BCUT2D eigenvalue weighted by Gasteiger charge is 2.30. The molecule has 0 bridgehead atoms. The van der Waals surface area contributed by atoms with Gasteiger partial charge in [0.2, 0.25) is 0 Å². The second-order valence-corrected chi connectivity index (χ2v) is 5.59. The molecule has 1 aliphatic rings. The molecule has 2 heterocycles. The topological polar surface area (TPSA) is 68.8 Å². The largest absolute Gasteiger partial charge is 0.383 e. The molecule has 0 aliphatic heterocycles. The Morgan fingerprint density at radius 3 is 2.94 bits per heavy atom. The molecule has 3 rings (SSSR count). The zero-order valence-corrected chi connectivity index (χ0v) is 11.4. The lowest BCUT2D eigenvalue weighted by atomic mass is 10.2. The fourth-order valence-electron chi connectivity index (χ4n) is 2.10. The molecule has 2 aromatic heterocycles. The molecule has 96 valence electrons. The van der Waals surface area contributed by atoms with Crippen molar-refractivity contribution >= 4 is 22.4 Å². The van der Waals surface area contributed by atoms with E-state index in [0.29, 0.717) is 11.7 Å². The molecule has 0 saturated heterocycles. The minimum Gasteiger partial charge on any atom is -0.383 e. The Labute approximate surface area is 110 Å². The smallest absolute Gasteiger partial charge is 0.142 e. The average molecular weight is 263 g/mol. The van der Waals surface area contributed by atoms with Gasteiger partial charge < -0.3 is 11.1 Å². The average Bonchev–Trinajstić information content (AvgIpc) is 3.05. The quantitative estimate of drug-likeness (QED) is 0.887. The Morgan fingerprint density at radius 2 is 2.33 bits per heavy atom. The molecular formula is C12H17N5S. The molecule has 0 aromatic carbocycles. The Balaban J connectivity index is 1.75. The number of rotatable bonds is 4. The summed E-state index contributed by atoms with van der Waals surface area (Å²) >= 11 is 1.46. The summed E-state index contributed by atoms with van der Waals surface area (Å²) in [6.45, 7) is 2.86. The van der Waals surface area contributed by atoms with E-state index >= 15 is 0 Å². The molecule has 5 nitrogen and oxygen atoms in total. The number of nitrogens with zero attached hydrogens (tertiary/aromatic N) is 3. The summed E-state index contributed by atoms with van der Waals surface area (Å²) in [5.41, 5.74) is 9.55. The van der Waals surface area contributed by atoms with Crippen LogP contribution < -0.4 is 11.1 Å². The standard InChI is InChI=1S/C12H17N5S/c1-7-9(6-15-17(7)2)5-14-12-10(8-3-4-8)11(13)16-18-12/h6,8,14H,3-5H2,1-2H3,(H2,13,16). The van der Waals surface area contributed by atoms with Crippen molar-refractivity contribution in [3.63, 3.8) is 0 Å². The van der Waals surface area contributed by atoms with E-state index in [9.17, 15) is 0 Å². The van der Waals surface area contributed by atoms with E-state index in [2.05, 4.69) is 21.7 Å². The minimum atomic E-state index is 0.626. The molecule has 0 unspecified atom stereocenters. The van der Waals surface area contributed by atoms with Gasteiger partial charge in [-0.05, 0) is 37.2 Å². The molecule has 6 heteroatoms. The molecule has 0 radical (unpaired) electrons. The second kappa shape index (κ2) is 4.28. The van der Waals surface area contributed by atoms with Crippen molar-refractivity contribution in [1.82, 2.24) is 14.2 Å². The van der Waals surface area contributed by atoms with Crippen molar-refractivity contribution in [3.05, 3.63) is 23.0 Å². The number of aryl methyl sites for hydroxylation is 1. The maximum Gasteiger partial charge on any atom is 0.142 e. The van der Waals surface area contributed by atoms with Gasteiger partial charge in [0.1, 0.15) is 10.8 Å². The Hall–Kier alpha value is -1.56. The number of hydrogen-bond donors (Lipinski definition) is 2. The van der Waals surface area contributed by atoms with Crippen molar-refractivity contribution in [2.75, 3.05) is 11.1 Å². The molecule has 1 fully saturated rings. The van der Waals surface area contributed by atoms with E-state index in [1.807, 2.05) is 17.9 Å². The van der Waals surface area contributed by atoms with Crippen LogP contribution in [0.3, 0.4) is 0 Å². The number of nitrogens with one attached hydrogen (secondary N) is 1. The van der Waals surface area contributed by atoms with E-state index in [1.165, 1.54) is 41.2 Å². The highest BCUT2D eigenvalue weighted by atomic mass is 32.1. The zero-order valence-electron chi connectivity index (χ0n) is 10.6. The third-order valence-electron chi connectivity index (χ3n) is 3.52. The summed E-state index contributed by atoms with van der Waals surface area (Å²) in [7, 11) is 1.96. The van der Waals surface area contributed by atoms with E-state index in [4.69, 9.17) is 5.73 Å². The van der Waals surface area contributed by atoms with Gasteiger partial charge in [-0.15, -0.1) is 0 Å². The highest BCUT2D eigenvalue weighted by Crippen LogP contribution is 2.47. The molecule has 3 N–H and O–H groups in total. The van der Waals surface area contributed by atoms with Crippen LogP contribution in [-0.2, 0) is 13.6 Å². The van der Waals surface area contributed by atoms with Gasteiger partial charge >= 0.3 is 0 Å². The first-order valence-corrected chi connectivity index (χ1v) is 6.90. The number of nitrogens with two attached hydrogens (primary N) is 1. The number of nitrogen functional groups attached to an aromatic ring is 1. The van der Waals surface area contributed by atoms with Crippen molar-refractivity contribution in [3.8, 4) is 0 Å². The predicted octanol–water partition coefficient (Wildman–Crippen LogP) is 2.26. The minimum absolute atomic E-state index is 0.626. The fourth-order valence-corrected chi connectivity index (χ4v) is 2.89. The number of anilines is 2. The van der Waals surface area contributed by atoms with Crippen LogP contribution in [-0.4, -0.2) is 14.2 Å². The van der Waals surface area contributed by atoms with Crippen LogP contribution in [0.1, 0.15) is 35.6 Å². The van der Waals surface area contributed by atoms with Crippen molar-refractivity contribution < 1.29 is 0 Å². The van der Waals surface area contributed by atoms with E-state index < -0.39 is 0 Å². The van der Waals surface area contributed by atoms with Gasteiger partial charge in [0.05, 0.1) is 6.20 Å². The number of hydrogen-bond acceptors (Lipinski definition) is 5. The van der Waals surface area contributed by atoms with Gasteiger partial charge in [0.25, 0.3) is 0 Å². The maximum absolute atomic E-state index is 5.93. The van der Waals surface area contributed by atoms with Gasteiger partial charge in [0, 0.05) is 30.4 Å². The highest BCUT2D eigenvalue weighted by molar-refractivity contribution is 7.10. The molecule has 0 spiro atoms. The van der Waals surface area contributed by atoms with Crippen molar-refractivity contribution in [1.29, 1.82) is 0 Å². The number of aromatic nitrogens is 3. The van der Waals surface area contributed by atoms with Gasteiger partial charge in [-0.1, -0.05) is 0 Å². The molecule has 1 aliphatic carbocycles. The van der Waals surface area contributed by atoms with E-state index in [0.717, 1.165) is 11.5 Å². The van der Waals surface area contributed by atoms with Crippen LogP contribution in [0.5, 0.6) is 0 Å². The summed E-state index contributed by atoms with van der Waals surface area (Å²) in [4.78, 5) is 0. The summed E-state index contributed by atoms with van der Waals surface area (Å²) in [5.74, 6) is 1.33. The Bertz CT molecular complexity index is 567. The monoisotopic (exact) mass is 263 g/mol. The molecule has 0 amide bonds. The van der Waals surface area contributed by atoms with Crippen LogP contribution in [0, 0.1) is 6.92 Å². The van der Waals surface area contributed by atoms with Gasteiger partial charge in [-0.25, -0.2) is 0 Å². The van der Waals surface area contributed by atoms with E-state index in [-0.39, 0.29) is 0 Å². The Morgan fingerprint density at radius 1 is 1.56 bits per heavy atom. The third kappa shape index (κ3) is 1.96. The van der Waals surface area contributed by atoms with Gasteiger partial charge in [0.15, 0.2) is 0 Å². The predicted molar refractivity (Wildman–Crippen MR) is 73.8 cm³/mol. The van der Waals surface area contributed by atoms with Crippen LogP contribution in [0.25, 0.3) is 0 Å². The van der Waals surface area contributed by atoms with Crippen LogP contribution >= 0.6 is 11.5 Å². The summed E-state index contributed by atoms with van der Waals surface area (Å²) in [5, 5.41) is 8.82. The fraction of sp³-hybridized carbons (Fsp3) is 0.500. The lowest BCUT2D eigenvalue weighted by Crippen LogP contribution is -2.02. The molecule has 1 saturated carbocycles. The van der Waals surface area contributed by atoms with Crippen molar-refractivity contribution in [2.24, 2.45) is 7.05 Å². The first-order valence-electron chi connectivity index (χ1n) is 6.13. The molecule has 2 aromatic rings. The lowest BCUT2D eigenvalue weighted by Gasteiger charge is -2.06. The third-order valence-corrected chi connectivity index (χ3v) is 4.35. The van der Waals surface area contributed by atoms with Crippen molar-refractivity contribution in [2.45, 2.75) is 32.2 Å². The SMILES string of the molecule is Cc1c(CNc2snc(N)c2C2CC2)cnn1C. The van der Waals surface area contributed by atoms with Crippen LogP contribution in [0.2, 0.25) is 0 Å². The first-order chi connectivity index (χ1) is 8.66. The molecular weight excluding hydrogens is 246 g/mol. The maximum atomic E-state index is 5.93. The first kappa shape index (κ1) is 11.5. The van der Waals surface area contributed by atoms with E-state index in [1.54, 1.807) is 0 Å². The second-order valence-electron chi connectivity index (χ2n) is 4.82. The summed E-state index contributed by atoms with van der Waals surface area (Å²) < 4.78 is 6.14. The molecule has 0 atom stereocenters. The van der Waals surface area contributed by atoms with Gasteiger partial charge in [-0.3, -0.25) is 4.68 Å². The van der Waals surface area contributed by atoms with Crippen LogP contribution in [0.4, 0.5) is 10.8 Å². The summed E-state index contributed by atoms with van der Waals surface area (Å²) in [6, 6.07) is 0.